The molecule has 1 saturated heterocycles. The average Bonchev–Trinajstić information content (AvgIpc) is 3.05. The van der Waals surface area contributed by atoms with E-state index in [-0.39, 0.29) is 23.7 Å². The molecule has 1 aromatic carbocycles. The molecule has 0 radical (unpaired) electrons. The summed E-state index contributed by atoms with van der Waals surface area (Å²) in [5.74, 6) is 2.20. The predicted octanol–water partition coefficient (Wildman–Crippen LogP) is 4.39. The van der Waals surface area contributed by atoms with Gasteiger partial charge in [-0.25, -0.2) is 0 Å². The number of hydrogen-bond donors (Lipinski definition) is 0. The maximum absolute atomic E-state index is 12.3. The molecule has 2 heterocycles. The van der Waals surface area contributed by atoms with Crippen LogP contribution in [0, 0.1) is 11.3 Å². The third-order valence-electron chi connectivity index (χ3n) is 6.23. The third kappa shape index (κ3) is 4.57. The quantitative estimate of drug-likeness (QED) is 0.740. The molecule has 0 bridgehead atoms. The molecule has 1 amide bonds. The molecule has 5 nitrogen and oxygen atoms in total. The lowest BCUT2D eigenvalue weighted by Crippen LogP contribution is -2.46. The summed E-state index contributed by atoms with van der Waals surface area (Å²) in [7, 11) is 0. The highest BCUT2D eigenvalue weighted by Gasteiger charge is 2.42. The second-order valence-electron chi connectivity index (χ2n) is 8.93. The Balaban J connectivity index is 1.69. The second-order valence-corrected chi connectivity index (χ2v) is 8.93. The van der Waals surface area contributed by atoms with E-state index in [1.807, 2.05) is 23.1 Å². The highest BCUT2D eigenvalue weighted by Crippen LogP contribution is 2.47. The molecule has 5 heteroatoms. The fourth-order valence-electron chi connectivity index (χ4n) is 4.48. The van der Waals surface area contributed by atoms with E-state index in [0.29, 0.717) is 12.5 Å². The van der Waals surface area contributed by atoms with Crippen molar-refractivity contribution in [3.63, 3.8) is 0 Å². The highest BCUT2D eigenvalue weighted by molar-refractivity contribution is 5.73. The van der Waals surface area contributed by atoms with Crippen molar-refractivity contribution in [1.82, 2.24) is 4.90 Å². The number of nitrogens with zero attached hydrogens (tertiary/aromatic N) is 1. The summed E-state index contributed by atoms with van der Waals surface area (Å²) >= 11 is 0. The summed E-state index contributed by atoms with van der Waals surface area (Å²) in [5, 5.41) is 0. The molecule has 0 saturated carbocycles. The molecule has 0 unspecified atom stereocenters. The monoisotopic (exact) mass is 375 g/mol. The van der Waals surface area contributed by atoms with Crippen molar-refractivity contribution in [2.24, 2.45) is 11.3 Å². The second kappa shape index (κ2) is 7.70. The SMILES string of the molecule is CC(=O)N(CC[C@@]1(C(C)C)CCOC(C)(C)C1)Cc1ccc2c(c1)OCO2. The number of amides is 1. The van der Waals surface area contributed by atoms with E-state index >= 15 is 0 Å². The number of hydrogen-bond acceptors (Lipinski definition) is 4. The van der Waals surface area contributed by atoms with Crippen molar-refractivity contribution in [3.05, 3.63) is 23.8 Å². The summed E-state index contributed by atoms with van der Waals surface area (Å²) in [6.45, 7) is 13.0. The minimum Gasteiger partial charge on any atom is -0.454 e. The molecule has 3 rings (SSSR count). The van der Waals surface area contributed by atoms with E-state index in [1.54, 1.807) is 6.92 Å². The molecular weight excluding hydrogens is 342 g/mol. The first-order valence-corrected chi connectivity index (χ1v) is 9.99. The van der Waals surface area contributed by atoms with Crippen LogP contribution in [-0.2, 0) is 16.1 Å². The summed E-state index contributed by atoms with van der Waals surface area (Å²) in [5.41, 5.74) is 1.19. The van der Waals surface area contributed by atoms with Gasteiger partial charge in [-0.1, -0.05) is 19.9 Å². The van der Waals surface area contributed by atoms with E-state index in [4.69, 9.17) is 14.2 Å². The molecule has 150 valence electrons. The normalized spacial score (nSPS) is 23.5. The molecule has 2 aliphatic rings. The Morgan fingerprint density at radius 2 is 1.96 bits per heavy atom. The molecule has 0 aliphatic carbocycles. The summed E-state index contributed by atoms with van der Waals surface area (Å²) in [6.07, 6.45) is 3.10. The Labute approximate surface area is 163 Å². The van der Waals surface area contributed by atoms with Gasteiger partial charge in [-0.2, -0.15) is 0 Å². The Morgan fingerprint density at radius 3 is 2.63 bits per heavy atom. The summed E-state index contributed by atoms with van der Waals surface area (Å²) in [4.78, 5) is 14.3. The molecule has 0 spiro atoms. The van der Waals surface area contributed by atoms with Gasteiger partial charge in [0.25, 0.3) is 0 Å². The number of fused-ring (bicyclic) bond motifs is 1. The van der Waals surface area contributed by atoms with E-state index in [1.165, 1.54) is 0 Å². The Morgan fingerprint density at radius 1 is 1.22 bits per heavy atom. The van der Waals surface area contributed by atoms with Gasteiger partial charge in [-0.3, -0.25) is 4.79 Å². The molecule has 1 aromatic rings. The lowest BCUT2D eigenvalue weighted by molar-refractivity contribution is -0.134. The van der Waals surface area contributed by atoms with Crippen molar-refractivity contribution < 1.29 is 19.0 Å². The minimum absolute atomic E-state index is 0.0963. The van der Waals surface area contributed by atoms with Crippen LogP contribution >= 0.6 is 0 Å². The van der Waals surface area contributed by atoms with Gasteiger partial charge >= 0.3 is 0 Å². The van der Waals surface area contributed by atoms with Gasteiger partial charge in [0.05, 0.1) is 5.60 Å². The number of ether oxygens (including phenoxy) is 3. The highest BCUT2D eigenvalue weighted by atomic mass is 16.7. The van der Waals surface area contributed by atoms with Crippen LogP contribution in [0.25, 0.3) is 0 Å². The summed E-state index contributed by atoms with van der Waals surface area (Å²) < 4.78 is 16.8. The van der Waals surface area contributed by atoms with Crippen molar-refractivity contribution in [1.29, 1.82) is 0 Å². The van der Waals surface area contributed by atoms with Crippen LogP contribution < -0.4 is 9.47 Å². The minimum atomic E-state index is -0.0963. The standard InChI is InChI=1S/C22H33NO4/c1-16(2)22(9-11-27-21(4,5)14-22)8-10-23(17(3)24)13-18-6-7-19-20(12-18)26-15-25-19/h6-7,12,16H,8-11,13-15H2,1-5H3/t22-/m1/s1. The van der Waals surface area contributed by atoms with Gasteiger partial charge in [0, 0.05) is 26.6 Å². The van der Waals surface area contributed by atoms with Crippen LogP contribution in [0.4, 0.5) is 0 Å². The van der Waals surface area contributed by atoms with E-state index in [0.717, 1.165) is 49.5 Å². The largest absolute Gasteiger partial charge is 0.454 e. The number of benzene rings is 1. The molecule has 2 aliphatic heterocycles. The van der Waals surface area contributed by atoms with Crippen molar-refractivity contribution in [2.45, 2.75) is 66.0 Å². The Hall–Kier alpha value is -1.75. The molecule has 0 aromatic heterocycles. The molecule has 1 atom stereocenters. The van der Waals surface area contributed by atoms with E-state index in [2.05, 4.69) is 27.7 Å². The first kappa shape index (κ1) is 20.0. The predicted molar refractivity (Wildman–Crippen MR) is 105 cm³/mol. The average molecular weight is 376 g/mol. The number of carbonyl (C=O) groups is 1. The molecule has 27 heavy (non-hydrogen) atoms. The fraction of sp³-hybridized carbons (Fsp3) is 0.682. The zero-order valence-corrected chi connectivity index (χ0v) is 17.3. The lowest BCUT2D eigenvalue weighted by Gasteiger charge is -2.48. The maximum atomic E-state index is 12.3. The van der Waals surface area contributed by atoms with Crippen molar-refractivity contribution in [2.75, 3.05) is 19.9 Å². The van der Waals surface area contributed by atoms with Crippen LogP contribution in [0.3, 0.4) is 0 Å². The zero-order valence-electron chi connectivity index (χ0n) is 17.3. The topological polar surface area (TPSA) is 48.0 Å². The molecule has 1 fully saturated rings. The fourth-order valence-corrected chi connectivity index (χ4v) is 4.48. The number of carbonyl (C=O) groups excluding carboxylic acids is 1. The van der Waals surface area contributed by atoms with E-state index in [9.17, 15) is 4.79 Å². The van der Waals surface area contributed by atoms with Crippen LogP contribution in [0.15, 0.2) is 18.2 Å². The number of rotatable bonds is 6. The summed E-state index contributed by atoms with van der Waals surface area (Å²) in [6, 6.07) is 5.92. The van der Waals surface area contributed by atoms with Gasteiger partial charge in [-0.15, -0.1) is 0 Å². The van der Waals surface area contributed by atoms with Gasteiger partial charge in [0.1, 0.15) is 0 Å². The maximum Gasteiger partial charge on any atom is 0.231 e. The van der Waals surface area contributed by atoms with Gasteiger partial charge < -0.3 is 19.1 Å². The zero-order chi connectivity index (χ0) is 19.7. The third-order valence-corrected chi connectivity index (χ3v) is 6.23. The Bertz CT molecular complexity index is 685. The molecular formula is C22H33NO4. The van der Waals surface area contributed by atoms with Gasteiger partial charge in [0.2, 0.25) is 12.7 Å². The van der Waals surface area contributed by atoms with Crippen molar-refractivity contribution >= 4 is 5.91 Å². The van der Waals surface area contributed by atoms with Crippen LogP contribution in [-0.4, -0.2) is 36.4 Å². The first-order chi connectivity index (χ1) is 12.7. The van der Waals surface area contributed by atoms with Crippen molar-refractivity contribution in [3.8, 4) is 11.5 Å². The van der Waals surface area contributed by atoms with Gasteiger partial charge in [0.15, 0.2) is 11.5 Å². The lowest BCUT2D eigenvalue weighted by atomic mass is 9.65. The molecule has 0 N–H and O–H groups in total. The van der Waals surface area contributed by atoms with Crippen LogP contribution in [0.5, 0.6) is 11.5 Å². The van der Waals surface area contributed by atoms with E-state index < -0.39 is 0 Å². The van der Waals surface area contributed by atoms with Gasteiger partial charge in [-0.05, 0) is 62.1 Å². The smallest absolute Gasteiger partial charge is 0.231 e. The van der Waals surface area contributed by atoms with Crippen LogP contribution in [0.1, 0.15) is 59.4 Å². The van der Waals surface area contributed by atoms with Crippen LogP contribution in [0.2, 0.25) is 0 Å². The first-order valence-electron chi connectivity index (χ1n) is 9.99. The Kier molecular flexibility index (Phi) is 5.71.